The largest absolute Gasteiger partial charge is 0.326 e. The van der Waals surface area contributed by atoms with Crippen molar-refractivity contribution in [1.29, 1.82) is 0 Å². The molecule has 1 fully saturated rings. The molecule has 0 atom stereocenters. The van der Waals surface area contributed by atoms with E-state index < -0.39 is 0 Å². The third kappa shape index (κ3) is 2.89. The second kappa shape index (κ2) is 6.24. The minimum Gasteiger partial charge on any atom is -0.326 e. The molecule has 3 rings (SSSR count). The van der Waals surface area contributed by atoms with Gasteiger partial charge in [-0.05, 0) is 52.7 Å². The standard InChI is InChI=1S/C13H16BrN5S/c14-10-6-5-9(8-15)12(7-10)20-13-16-17-18-19(13)11-3-1-2-4-11/h5-7,11H,1-4,8,15H2. The van der Waals surface area contributed by atoms with Crippen LogP contribution in [0, 0.1) is 0 Å². The zero-order valence-corrected chi connectivity index (χ0v) is 13.4. The Bertz CT molecular complexity index is 594. The van der Waals surface area contributed by atoms with Gasteiger partial charge in [0.05, 0.1) is 6.04 Å². The van der Waals surface area contributed by atoms with Crippen LogP contribution in [-0.2, 0) is 6.54 Å². The number of aromatic nitrogens is 4. The Hall–Kier alpha value is -0.920. The maximum absolute atomic E-state index is 5.80. The normalized spacial score (nSPS) is 15.9. The molecule has 0 bridgehead atoms. The summed E-state index contributed by atoms with van der Waals surface area (Å²) in [7, 11) is 0. The van der Waals surface area contributed by atoms with Gasteiger partial charge in [0.1, 0.15) is 0 Å². The van der Waals surface area contributed by atoms with E-state index in [1.165, 1.54) is 25.7 Å². The van der Waals surface area contributed by atoms with E-state index in [4.69, 9.17) is 5.73 Å². The molecular formula is C13H16BrN5S. The first kappa shape index (κ1) is 14.0. The predicted octanol–water partition coefficient (Wildman–Crippen LogP) is 3.16. The Morgan fingerprint density at radius 3 is 2.90 bits per heavy atom. The van der Waals surface area contributed by atoms with Gasteiger partial charge in [-0.25, -0.2) is 4.68 Å². The molecule has 0 spiro atoms. The molecule has 20 heavy (non-hydrogen) atoms. The third-order valence-electron chi connectivity index (χ3n) is 3.58. The second-order valence-electron chi connectivity index (χ2n) is 4.90. The van der Waals surface area contributed by atoms with Crippen molar-refractivity contribution in [3.8, 4) is 0 Å². The summed E-state index contributed by atoms with van der Waals surface area (Å²) >= 11 is 5.09. The van der Waals surface area contributed by atoms with E-state index in [1.54, 1.807) is 11.8 Å². The van der Waals surface area contributed by atoms with Crippen molar-refractivity contribution < 1.29 is 0 Å². The maximum Gasteiger partial charge on any atom is 0.214 e. The van der Waals surface area contributed by atoms with E-state index >= 15 is 0 Å². The molecule has 0 saturated heterocycles. The van der Waals surface area contributed by atoms with Crippen molar-refractivity contribution in [3.63, 3.8) is 0 Å². The second-order valence-corrected chi connectivity index (χ2v) is 6.83. The highest BCUT2D eigenvalue weighted by molar-refractivity contribution is 9.10. The zero-order chi connectivity index (χ0) is 13.9. The minimum absolute atomic E-state index is 0.445. The van der Waals surface area contributed by atoms with Crippen LogP contribution in [0.1, 0.15) is 37.3 Å². The quantitative estimate of drug-likeness (QED) is 0.913. The summed E-state index contributed by atoms with van der Waals surface area (Å²) in [5, 5.41) is 13.0. The molecule has 0 amide bonds. The fraction of sp³-hybridized carbons (Fsp3) is 0.462. The van der Waals surface area contributed by atoms with Gasteiger partial charge in [0.15, 0.2) is 0 Å². The Balaban J connectivity index is 1.88. The average Bonchev–Trinajstić information content (AvgIpc) is 3.09. The van der Waals surface area contributed by atoms with Crippen molar-refractivity contribution >= 4 is 27.7 Å². The molecule has 5 nitrogen and oxygen atoms in total. The summed E-state index contributed by atoms with van der Waals surface area (Å²) in [5.74, 6) is 0. The average molecular weight is 354 g/mol. The molecule has 2 N–H and O–H groups in total. The predicted molar refractivity (Wildman–Crippen MR) is 81.5 cm³/mol. The van der Waals surface area contributed by atoms with Crippen LogP contribution < -0.4 is 5.73 Å². The molecule has 1 saturated carbocycles. The number of rotatable bonds is 4. The van der Waals surface area contributed by atoms with E-state index in [1.807, 2.05) is 16.8 Å². The van der Waals surface area contributed by atoms with E-state index in [-0.39, 0.29) is 0 Å². The molecule has 7 heteroatoms. The van der Waals surface area contributed by atoms with E-state index in [2.05, 4.69) is 37.5 Å². The van der Waals surface area contributed by atoms with Crippen LogP contribution in [0.5, 0.6) is 0 Å². The Morgan fingerprint density at radius 1 is 1.35 bits per heavy atom. The van der Waals surface area contributed by atoms with Gasteiger partial charge in [0.2, 0.25) is 5.16 Å². The molecular weight excluding hydrogens is 338 g/mol. The highest BCUT2D eigenvalue weighted by atomic mass is 79.9. The summed E-state index contributed by atoms with van der Waals surface area (Å²) in [4.78, 5) is 1.11. The first-order chi connectivity index (χ1) is 9.78. The van der Waals surface area contributed by atoms with Crippen LogP contribution in [0.3, 0.4) is 0 Å². The minimum atomic E-state index is 0.445. The summed E-state index contributed by atoms with van der Waals surface area (Å²) < 4.78 is 3.01. The molecule has 0 aliphatic heterocycles. The van der Waals surface area contributed by atoms with Crippen LogP contribution in [-0.4, -0.2) is 20.2 Å². The van der Waals surface area contributed by atoms with Gasteiger partial charge in [0, 0.05) is 15.9 Å². The molecule has 0 radical (unpaired) electrons. The Kier molecular flexibility index (Phi) is 4.38. The van der Waals surface area contributed by atoms with Crippen LogP contribution >= 0.6 is 27.7 Å². The summed E-state index contributed by atoms with van der Waals surface area (Å²) in [6, 6.07) is 6.56. The van der Waals surface area contributed by atoms with Crippen molar-refractivity contribution in [1.82, 2.24) is 20.2 Å². The third-order valence-corrected chi connectivity index (χ3v) is 5.13. The van der Waals surface area contributed by atoms with Crippen LogP contribution in [0.4, 0.5) is 0 Å². The summed E-state index contributed by atoms with van der Waals surface area (Å²) in [5.41, 5.74) is 6.91. The van der Waals surface area contributed by atoms with Gasteiger partial charge in [-0.1, -0.05) is 34.8 Å². The number of hydrogen-bond donors (Lipinski definition) is 1. The van der Waals surface area contributed by atoms with Gasteiger partial charge in [0.25, 0.3) is 0 Å². The number of benzene rings is 1. The highest BCUT2D eigenvalue weighted by Crippen LogP contribution is 2.35. The first-order valence-corrected chi connectivity index (χ1v) is 8.33. The molecule has 106 valence electrons. The number of nitrogens with zero attached hydrogens (tertiary/aromatic N) is 4. The Morgan fingerprint density at radius 2 is 2.15 bits per heavy atom. The van der Waals surface area contributed by atoms with Crippen molar-refractivity contribution in [2.45, 2.75) is 48.3 Å². The number of tetrazole rings is 1. The van der Waals surface area contributed by atoms with Crippen molar-refractivity contribution in [2.75, 3.05) is 0 Å². The van der Waals surface area contributed by atoms with E-state index in [9.17, 15) is 0 Å². The van der Waals surface area contributed by atoms with E-state index in [0.717, 1.165) is 20.1 Å². The number of nitrogens with two attached hydrogens (primary N) is 1. The summed E-state index contributed by atoms with van der Waals surface area (Å²) in [6.07, 6.45) is 4.86. The number of hydrogen-bond acceptors (Lipinski definition) is 5. The van der Waals surface area contributed by atoms with Crippen LogP contribution in [0.15, 0.2) is 32.7 Å². The van der Waals surface area contributed by atoms with Crippen molar-refractivity contribution in [3.05, 3.63) is 28.2 Å². The topological polar surface area (TPSA) is 69.6 Å². The van der Waals surface area contributed by atoms with Crippen LogP contribution in [0.25, 0.3) is 0 Å². The summed E-state index contributed by atoms with van der Waals surface area (Å²) in [6.45, 7) is 0.514. The van der Waals surface area contributed by atoms with Gasteiger partial charge in [-0.15, -0.1) is 5.10 Å². The molecule has 1 aliphatic carbocycles. The van der Waals surface area contributed by atoms with Crippen LogP contribution in [0.2, 0.25) is 0 Å². The fourth-order valence-corrected chi connectivity index (χ4v) is 4.06. The van der Waals surface area contributed by atoms with Crippen molar-refractivity contribution in [2.24, 2.45) is 5.73 Å². The van der Waals surface area contributed by atoms with E-state index in [0.29, 0.717) is 12.6 Å². The smallest absolute Gasteiger partial charge is 0.214 e. The lowest BCUT2D eigenvalue weighted by atomic mass is 10.2. The zero-order valence-electron chi connectivity index (χ0n) is 11.0. The molecule has 1 heterocycles. The molecule has 1 aromatic carbocycles. The monoisotopic (exact) mass is 353 g/mol. The maximum atomic E-state index is 5.80. The lowest BCUT2D eigenvalue weighted by Gasteiger charge is -2.12. The molecule has 2 aromatic rings. The molecule has 0 unspecified atom stereocenters. The van der Waals surface area contributed by atoms with Gasteiger partial charge < -0.3 is 5.73 Å². The van der Waals surface area contributed by atoms with Gasteiger partial charge in [-0.2, -0.15) is 0 Å². The lowest BCUT2D eigenvalue weighted by molar-refractivity contribution is 0.423. The SMILES string of the molecule is NCc1ccc(Br)cc1Sc1nnnn1C1CCCC1. The highest BCUT2D eigenvalue weighted by Gasteiger charge is 2.22. The molecule has 1 aliphatic rings. The fourth-order valence-electron chi connectivity index (χ4n) is 2.52. The van der Waals surface area contributed by atoms with Gasteiger partial charge in [-0.3, -0.25) is 0 Å². The Labute approximate surface area is 130 Å². The first-order valence-electron chi connectivity index (χ1n) is 6.72. The lowest BCUT2D eigenvalue weighted by Crippen LogP contribution is -2.08. The molecule has 1 aromatic heterocycles. The number of halogens is 1. The van der Waals surface area contributed by atoms with Gasteiger partial charge >= 0.3 is 0 Å².